The zero-order valence-electron chi connectivity index (χ0n) is 11.0. The Kier molecular flexibility index (Phi) is 3.13. The van der Waals surface area contributed by atoms with E-state index in [0.717, 1.165) is 18.1 Å². The van der Waals surface area contributed by atoms with E-state index in [2.05, 4.69) is 30.1 Å². The highest BCUT2D eigenvalue weighted by atomic mass is 35.5. The standard InChI is InChI=1S/C15H21ClN2/c1-18-7-4-11(9-18)13-3-2-12(8-14(13)16)15(10-17)5-6-15/h2-3,8,11H,4-7,9-10,17H2,1H3. The van der Waals surface area contributed by atoms with Crippen molar-refractivity contribution < 1.29 is 0 Å². The number of nitrogens with zero attached hydrogens (tertiary/aromatic N) is 1. The third kappa shape index (κ3) is 2.07. The van der Waals surface area contributed by atoms with Crippen LogP contribution >= 0.6 is 11.6 Å². The minimum absolute atomic E-state index is 0.245. The molecular formula is C15H21ClN2. The quantitative estimate of drug-likeness (QED) is 0.910. The molecule has 1 aromatic carbocycles. The first kappa shape index (κ1) is 12.5. The van der Waals surface area contributed by atoms with Gasteiger partial charge in [-0.1, -0.05) is 23.7 Å². The van der Waals surface area contributed by atoms with Crippen LogP contribution in [0, 0.1) is 0 Å². The Morgan fingerprint density at radius 3 is 2.72 bits per heavy atom. The van der Waals surface area contributed by atoms with Gasteiger partial charge in [0.15, 0.2) is 0 Å². The van der Waals surface area contributed by atoms with Gasteiger partial charge in [0.2, 0.25) is 0 Å². The van der Waals surface area contributed by atoms with E-state index in [-0.39, 0.29) is 5.41 Å². The van der Waals surface area contributed by atoms with Crippen molar-refractivity contribution in [3.63, 3.8) is 0 Å². The fraction of sp³-hybridized carbons (Fsp3) is 0.600. The average molecular weight is 265 g/mol. The predicted molar refractivity (Wildman–Crippen MR) is 76.3 cm³/mol. The molecule has 0 bridgehead atoms. The average Bonchev–Trinajstić information content (AvgIpc) is 3.06. The molecule has 2 nitrogen and oxygen atoms in total. The molecular weight excluding hydrogens is 244 g/mol. The van der Waals surface area contributed by atoms with Gasteiger partial charge in [0.05, 0.1) is 0 Å². The van der Waals surface area contributed by atoms with Gasteiger partial charge in [0, 0.05) is 23.5 Å². The van der Waals surface area contributed by atoms with E-state index in [4.69, 9.17) is 17.3 Å². The summed E-state index contributed by atoms with van der Waals surface area (Å²) in [5.41, 5.74) is 8.78. The van der Waals surface area contributed by atoms with Crippen molar-refractivity contribution in [1.82, 2.24) is 4.90 Å². The van der Waals surface area contributed by atoms with Crippen molar-refractivity contribution in [2.24, 2.45) is 5.73 Å². The molecule has 0 amide bonds. The maximum absolute atomic E-state index is 6.49. The summed E-state index contributed by atoms with van der Waals surface area (Å²) in [4.78, 5) is 2.37. The summed E-state index contributed by atoms with van der Waals surface area (Å²) in [5, 5.41) is 0.938. The Balaban J connectivity index is 1.85. The van der Waals surface area contributed by atoms with E-state index < -0.39 is 0 Å². The van der Waals surface area contributed by atoms with Crippen LogP contribution < -0.4 is 5.73 Å². The Hall–Kier alpha value is -0.570. The molecule has 98 valence electrons. The largest absolute Gasteiger partial charge is 0.330 e. The minimum atomic E-state index is 0.245. The molecule has 2 aliphatic rings. The third-order valence-electron chi connectivity index (χ3n) is 4.69. The van der Waals surface area contributed by atoms with E-state index in [1.807, 2.05) is 0 Å². The van der Waals surface area contributed by atoms with Crippen LogP contribution in [0.25, 0.3) is 0 Å². The first-order valence-corrected chi connectivity index (χ1v) is 7.21. The van der Waals surface area contributed by atoms with Crippen LogP contribution in [0.4, 0.5) is 0 Å². The molecule has 0 aromatic heterocycles. The number of benzene rings is 1. The fourth-order valence-corrected chi connectivity index (χ4v) is 3.47. The van der Waals surface area contributed by atoms with E-state index in [9.17, 15) is 0 Å². The molecule has 1 saturated carbocycles. The minimum Gasteiger partial charge on any atom is -0.330 e. The SMILES string of the molecule is CN1CCC(c2ccc(C3(CN)CC3)cc2Cl)C1. The highest BCUT2D eigenvalue weighted by Gasteiger charge is 2.43. The van der Waals surface area contributed by atoms with Crippen LogP contribution in [0.15, 0.2) is 18.2 Å². The predicted octanol–water partition coefficient (Wildman–Crippen LogP) is 2.75. The molecule has 2 N–H and O–H groups in total. The number of likely N-dealkylation sites (N-methyl/N-ethyl adjacent to an activating group) is 1. The maximum atomic E-state index is 6.49. The van der Waals surface area contributed by atoms with Crippen molar-refractivity contribution in [3.05, 3.63) is 34.3 Å². The van der Waals surface area contributed by atoms with Gasteiger partial charge in [-0.05, 0) is 56.0 Å². The molecule has 0 radical (unpaired) electrons. The van der Waals surface area contributed by atoms with Gasteiger partial charge in [-0.15, -0.1) is 0 Å². The number of halogens is 1. The molecule has 0 spiro atoms. The molecule has 3 rings (SSSR count). The highest BCUT2D eigenvalue weighted by molar-refractivity contribution is 6.31. The maximum Gasteiger partial charge on any atom is 0.0444 e. The number of hydrogen-bond acceptors (Lipinski definition) is 2. The van der Waals surface area contributed by atoms with E-state index in [0.29, 0.717) is 5.92 Å². The molecule has 1 aliphatic heterocycles. The first-order valence-electron chi connectivity index (χ1n) is 6.83. The molecule has 1 aliphatic carbocycles. The van der Waals surface area contributed by atoms with Crippen molar-refractivity contribution in [3.8, 4) is 0 Å². The smallest absolute Gasteiger partial charge is 0.0444 e. The van der Waals surface area contributed by atoms with Crippen LogP contribution in [-0.4, -0.2) is 31.6 Å². The number of likely N-dealkylation sites (tertiary alicyclic amines) is 1. The van der Waals surface area contributed by atoms with Crippen LogP contribution in [-0.2, 0) is 5.41 Å². The summed E-state index contributed by atoms with van der Waals surface area (Å²) in [7, 11) is 2.18. The van der Waals surface area contributed by atoms with Gasteiger partial charge in [0.25, 0.3) is 0 Å². The Morgan fingerprint density at radius 1 is 1.44 bits per heavy atom. The Bertz CT molecular complexity index is 454. The summed E-state index contributed by atoms with van der Waals surface area (Å²) in [5.74, 6) is 0.601. The second-order valence-corrected chi connectivity index (χ2v) is 6.38. The number of rotatable bonds is 3. The summed E-state index contributed by atoms with van der Waals surface area (Å²) < 4.78 is 0. The summed E-state index contributed by atoms with van der Waals surface area (Å²) in [6.07, 6.45) is 3.65. The van der Waals surface area contributed by atoms with Crippen LogP contribution in [0.5, 0.6) is 0 Å². The lowest BCUT2D eigenvalue weighted by Gasteiger charge is -2.17. The first-order chi connectivity index (χ1) is 8.64. The number of nitrogens with two attached hydrogens (primary N) is 1. The zero-order valence-corrected chi connectivity index (χ0v) is 11.7. The van der Waals surface area contributed by atoms with Crippen molar-refractivity contribution >= 4 is 11.6 Å². The molecule has 3 heteroatoms. The van der Waals surface area contributed by atoms with Gasteiger partial charge in [-0.2, -0.15) is 0 Å². The van der Waals surface area contributed by atoms with E-state index >= 15 is 0 Å². The van der Waals surface area contributed by atoms with Gasteiger partial charge in [-0.3, -0.25) is 0 Å². The van der Waals surface area contributed by atoms with Gasteiger partial charge in [-0.25, -0.2) is 0 Å². The van der Waals surface area contributed by atoms with E-state index in [1.54, 1.807) is 0 Å². The van der Waals surface area contributed by atoms with Crippen molar-refractivity contribution in [1.29, 1.82) is 0 Å². The molecule has 2 fully saturated rings. The van der Waals surface area contributed by atoms with Gasteiger partial charge < -0.3 is 10.6 Å². The van der Waals surface area contributed by atoms with Crippen LogP contribution in [0.3, 0.4) is 0 Å². The Morgan fingerprint density at radius 2 is 2.22 bits per heavy atom. The summed E-state index contributed by atoms with van der Waals surface area (Å²) >= 11 is 6.49. The monoisotopic (exact) mass is 264 g/mol. The summed E-state index contributed by atoms with van der Waals surface area (Å²) in [6.45, 7) is 3.05. The molecule has 1 saturated heterocycles. The lowest BCUT2D eigenvalue weighted by atomic mass is 9.91. The topological polar surface area (TPSA) is 29.3 Å². The van der Waals surface area contributed by atoms with Crippen LogP contribution in [0.1, 0.15) is 36.3 Å². The second kappa shape index (κ2) is 4.52. The molecule has 18 heavy (non-hydrogen) atoms. The van der Waals surface area contributed by atoms with Gasteiger partial charge in [0.1, 0.15) is 0 Å². The van der Waals surface area contributed by atoms with Crippen molar-refractivity contribution in [2.45, 2.75) is 30.6 Å². The van der Waals surface area contributed by atoms with Gasteiger partial charge >= 0.3 is 0 Å². The lowest BCUT2D eigenvalue weighted by Crippen LogP contribution is -2.19. The Labute approximate surface area is 114 Å². The van der Waals surface area contributed by atoms with Crippen molar-refractivity contribution in [2.75, 3.05) is 26.7 Å². The third-order valence-corrected chi connectivity index (χ3v) is 5.02. The molecule has 1 atom stereocenters. The van der Waals surface area contributed by atoms with E-state index in [1.165, 1.54) is 36.9 Å². The van der Waals surface area contributed by atoms with Crippen LogP contribution in [0.2, 0.25) is 5.02 Å². The second-order valence-electron chi connectivity index (χ2n) is 5.97. The highest BCUT2D eigenvalue weighted by Crippen LogP contribution is 2.48. The molecule has 1 unspecified atom stereocenters. The zero-order chi connectivity index (χ0) is 12.8. The molecule has 1 heterocycles. The normalized spacial score (nSPS) is 26.5. The lowest BCUT2D eigenvalue weighted by molar-refractivity contribution is 0.411. The number of hydrogen-bond donors (Lipinski definition) is 1. The summed E-state index contributed by atoms with van der Waals surface area (Å²) in [6, 6.07) is 6.64. The fourth-order valence-electron chi connectivity index (χ4n) is 3.14. The molecule has 1 aromatic rings.